The van der Waals surface area contributed by atoms with Gasteiger partial charge >= 0.3 is 11.9 Å². The van der Waals surface area contributed by atoms with Gasteiger partial charge in [-0.2, -0.15) is 0 Å². The molecule has 6 N–H and O–H groups in total. The quantitative estimate of drug-likeness (QED) is 0.123. The Kier molecular flexibility index (Phi) is 8.75. The number of rotatable bonds is 9. The van der Waals surface area contributed by atoms with E-state index in [4.69, 9.17) is 0 Å². The number of carboxylic acid groups (broad SMARTS) is 2. The van der Waals surface area contributed by atoms with Crippen LogP contribution in [-0.4, -0.2) is 37.1 Å². The van der Waals surface area contributed by atoms with E-state index in [2.05, 4.69) is 71.6 Å². The summed E-state index contributed by atoms with van der Waals surface area (Å²) in [5.41, 5.74) is 13.5. The number of carboxylic acids is 2. The minimum Gasteiger partial charge on any atom is -0.481 e. The SMILES string of the molecule is C=Cc1c2[nH]c(c1C)C=c1[nH]c(c(CCC(=O)O)c1C)=Cc1[nH]c(c(C)c1CCC(=O)O)C=C1NC(=C2c2ccccc2)C(C)C1C=C. The second-order valence-electron chi connectivity index (χ2n) is 12.8. The molecule has 8 bridgehead atoms. The van der Waals surface area contributed by atoms with Crippen molar-refractivity contribution in [1.29, 1.82) is 0 Å². The predicted molar refractivity (Wildman–Crippen MR) is 191 cm³/mol. The fraction of sp³-hybridized carbons (Fsp3) is 0.250. The number of nitrogens with one attached hydrogen (secondary N) is 4. The van der Waals surface area contributed by atoms with Gasteiger partial charge < -0.3 is 30.5 Å². The summed E-state index contributed by atoms with van der Waals surface area (Å²) in [5.74, 6) is -1.66. The minimum absolute atomic E-state index is 0.00270. The van der Waals surface area contributed by atoms with Gasteiger partial charge in [-0.15, -0.1) is 6.58 Å². The van der Waals surface area contributed by atoms with Crippen molar-refractivity contribution in [1.82, 2.24) is 20.3 Å². The van der Waals surface area contributed by atoms with Gasteiger partial charge in [0.15, 0.2) is 0 Å². The third-order valence-electron chi connectivity index (χ3n) is 9.97. The molecule has 0 spiro atoms. The Labute approximate surface area is 280 Å². The first-order valence-electron chi connectivity index (χ1n) is 16.3. The van der Waals surface area contributed by atoms with E-state index in [1.165, 1.54) is 0 Å². The number of carbonyl (C=O) groups is 2. The number of aliphatic carboxylic acids is 2. The summed E-state index contributed by atoms with van der Waals surface area (Å²) in [5, 5.41) is 24.6. The third kappa shape index (κ3) is 5.79. The summed E-state index contributed by atoms with van der Waals surface area (Å²) in [6, 6.07) is 10.3. The standard InChI is InChI=1S/C40H42N4O4/c1-7-26-24(6)39-38(25-12-10-9-11-13-25)40-27(8-2)21(3)32(43-40)18-30-22(4)28(14-16-36(45)46)34(41-30)20-35-29(15-17-37(47)48)23(5)31(42-35)19-33(26)44-39/h7-13,18-20,24,26,41-44H,1-2,14-17H2,3-6H3,(H,45,46)(H,47,48). The molecule has 2 aliphatic heterocycles. The highest BCUT2D eigenvalue weighted by molar-refractivity contribution is 5.88. The first-order chi connectivity index (χ1) is 23.0. The van der Waals surface area contributed by atoms with Gasteiger partial charge in [-0.1, -0.05) is 56.0 Å². The van der Waals surface area contributed by atoms with E-state index in [0.29, 0.717) is 12.8 Å². The maximum absolute atomic E-state index is 11.7. The molecule has 1 aromatic carbocycles. The monoisotopic (exact) mass is 642 g/mol. The van der Waals surface area contributed by atoms with Crippen LogP contribution < -0.4 is 16.0 Å². The van der Waals surface area contributed by atoms with Crippen LogP contribution in [0.5, 0.6) is 0 Å². The van der Waals surface area contributed by atoms with Gasteiger partial charge in [0, 0.05) is 75.0 Å². The summed E-state index contributed by atoms with van der Waals surface area (Å²) in [6.07, 6.45) is 10.7. The number of aromatic amines is 3. The summed E-state index contributed by atoms with van der Waals surface area (Å²) >= 11 is 0. The zero-order chi connectivity index (χ0) is 34.3. The Hall–Kier alpha value is -5.50. The molecule has 0 saturated carbocycles. The second-order valence-corrected chi connectivity index (χ2v) is 12.8. The Morgan fingerprint density at radius 2 is 1.44 bits per heavy atom. The van der Waals surface area contributed by atoms with Crippen molar-refractivity contribution in [3.05, 3.63) is 133 Å². The molecule has 2 unspecified atom stereocenters. The Bertz CT molecular complexity index is 2150. The number of fused-ring (bicyclic) bond motifs is 8. The number of aromatic nitrogens is 3. The molecule has 0 radical (unpaired) electrons. The third-order valence-corrected chi connectivity index (χ3v) is 9.97. The molecule has 3 aromatic heterocycles. The number of hydrogen-bond acceptors (Lipinski definition) is 3. The molecule has 246 valence electrons. The lowest BCUT2D eigenvalue weighted by atomic mass is 9.87. The summed E-state index contributed by atoms with van der Waals surface area (Å²) in [4.78, 5) is 34.3. The highest BCUT2D eigenvalue weighted by atomic mass is 16.4. The summed E-state index contributed by atoms with van der Waals surface area (Å²) in [6.45, 7) is 16.7. The van der Waals surface area contributed by atoms with Crippen LogP contribution in [0.15, 0.2) is 61.0 Å². The Morgan fingerprint density at radius 1 is 0.792 bits per heavy atom. The van der Waals surface area contributed by atoms with E-state index < -0.39 is 11.9 Å². The zero-order valence-corrected chi connectivity index (χ0v) is 27.9. The van der Waals surface area contributed by atoms with Gasteiger partial charge in [0.2, 0.25) is 0 Å². The van der Waals surface area contributed by atoms with Gasteiger partial charge in [0.25, 0.3) is 0 Å². The smallest absolute Gasteiger partial charge is 0.303 e. The normalized spacial score (nSPS) is 16.9. The number of hydrogen-bond donors (Lipinski definition) is 6. The lowest BCUT2D eigenvalue weighted by Crippen LogP contribution is -2.14. The molecule has 4 aromatic rings. The van der Waals surface area contributed by atoms with Crippen molar-refractivity contribution in [2.75, 3.05) is 0 Å². The molecule has 6 rings (SSSR count). The Balaban J connectivity index is 1.74. The summed E-state index contributed by atoms with van der Waals surface area (Å²) in [7, 11) is 0. The largest absolute Gasteiger partial charge is 0.481 e. The minimum atomic E-state index is -0.868. The lowest BCUT2D eigenvalue weighted by molar-refractivity contribution is -0.138. The molecule has 8 nitrogen and oxygen atoms in total. The van der Waals surface area contributed by atoms with Crippen LogP contribution in [0.2, 0.25) is 0 Å². The van der Waals surface area contributed by atoms with Gasteiger partial charge in [-0.25, -0.2) is 0 Å². The highest BCUT2D eigenvalue weighted by Gasteiger charge is 2.34. The van der Waals surface area contributed by atoms with Crippen LogP contribution in [0.3, 0.4) is 0 Å². The van der Waals surface area contributed by atoms with Crippen LogP contribution in [0, 0.1) is 32.6 Å². The molecular formula is C40H42N4O4. The average molecular weight is 643 g/mol. The van der Waals surface area contributed by atoms with Gasteiger partial charge in [0.1, 0.15) is 0 Å². The Morgan fingerprint density at radius 3 is 2.08 bits per heavy atom. The zero-order valence-electron chi connectivity index (χ0n) is 27.9. The molecule has 48 heavy (non-hydrogen) atoms. The fourth-order valence-corrected chi connectivity index (χ4v) is 7.26. The highest BCUT2D eigenvalue weighted by Crippen LogP contribution is 2.42. The molecule has 2 atom stereocenters. The molecule has 5 heterocycles. The maximum Gasteiger partial charge on any atom is 0.303 e. The van der Waals surface area contributed by atoms with E-state index in [9.17, 15) is 19.8 Å². The summed E-state index contributed by atoms with van der Waals surface area (Å²) < 4.78 is 0. The van der Waals surface area contributed by atoms with Crippen molar-refractivity contribution in [2.45, 2.75) is 53.4 Å². The van der Waals surface area contributed by atoms with Gasteiger partial charge in [-0.05, 0) is 85.2 Å². The van der Waals surface area contributed by atoms with Crippen LogP contribution in [0.1, 0.15) is 81.5 Å². The molecule has 2 aliphatic rings. The average Bonchev–Trinajstić information content (AvgIpc) is 3.72. The lowest BCUT2D eigenvalue weighted by Gasteiger charge is -2.17. The molecule has 8 heteroatoms. The van der Waals surface area contributed by atoms with Crippen LogP contribution >= 0.6 is 0 Å². The van der Waals surface area contributed by atoms with Crippen LogP contribution in [-0.2, 0) is 22.4 Å². The van der Waals surface area contributed by atoms with Crippen molar-refractivity contribution in [2.24, 2.45) is 11.8 Å². The van der Waals surface area contributed by atoms with E-state index in [0.717, 1.165) is 89.4 Å². The number of allylic oxidation sites excluding steroid dienone is 2. The van der Waals surface area contributed by atoms with E-state index in [-0.39, 0.29) is 24.7 Å². The maximum atomic E-state index is 11.7. The first-order valence-corrected chi connectivity index (χ1v) is 16.3. The van der Waals surface area contributed by atoms with Gasteiger partial charge in [0.05, 0.1) is 5.69 Å². The van der Waals surface area contributed by atoms with Crippen molar-refractivity contribution in [3.8, 4) is 0 Å². The van der Waals surface area contributed by atoms with Crippen molar-refractivity contribution >= 4 is 41.8 Å². The topological polar surface area (TPSA) is 134 Å². The second kappa shape index (κ2) is 13.0. The molecule has 0 aliphatic carbocycles. The number of benzene rings is 1. The van der Waals surface area contributed by atoms with Crippen molar-refractivity contribution < 1.29 is 19.8 Å². The molecular weight excluding hydrogens is 600 g/mol. The van der Waals surface area contributed by atoms with Crippen molar-refractivity contribution in [3.63, 3.8) is 0 Å². The first kappa shape index (κ1) is 32.4. The van der Waals surface area contributed by atoms with E-state index >= 15 is 0 Å². The van der Waals surface area contributed by atoms with Crippen LogP contribution in [0.25, 0.3) is 29.9 Å². The molecule has 1 saturated heterocycles. The molecule has 1 fully saturated rings. The van der Waals surface area contributed by atoms with Gasteiger partial charge in [-0.3, -0.25) is 9.59 Å². The molecule has 0 amide bonds. The van der Waals surface area contributed by atoms with E-state index in [1.807, 2.05) is 50.3 Å². The van der Waals surface area contributed by atoms with E-state index in [1.54, 1.807) is 0 Å². The van der Waals surface area contributed by atoms with Crippen LogP contribution in [0.4, 0.5) is 0 Å². The number of H-pyrrole nitrogens is 3. The predicted octanol–water partition coefficient (Wildman–Crippen LogP) is 6.09. The fourth-order valence-electron chi connectivity index (χ4n) is 7.26.